The van der Waals surface area contributed by atoms with Gasteiger partial charge in [-0.1, -0.05) is 33.3 Å². The van der Waals surface area contributed by atoms with Crippen molar-refractivity contribution in [2.24, 2.45) is 10.9 Å². The van der Waals surface area contributed by atoms with Crippen molar-refractivity contribution in [3.05, 3.63) is 24.0 Å². The van der Waals surface area contributed by atoms with E-state index in [9.17, 15) is 9.90 Å². The summed E-state index contributed by atoms with van der Waals surface area (Å²) in [5.41, 5.74) is 1.23. The quantitative estimate of drug-likeness (QED) is 0.492. The van der Waals surface area contributed by atoms with Crippen LogP contribution >= 0.6 is 11.8 Å². The predicted octanol–water partition coefficient (Wildman–Crippen LogP) is 4.74. The number of carbonyl (C=O) groups excluding carboxylic acids is 1. The number of carbonyl (C=O) groups is 1. The topological polar surface area (TPSA) is 49.7 Å². The Balaban J connectivity index is 2.87. The van der Waals surface area contributed by atoms with Gasteiger partial charge in [0.15, 0.2) is 5.78 Å². The van der Waals surface area contributed by atoms with Crippen LogP contribution in [0.1, 0.15) is 52.9 Å². The highest BCUT2D eigenvalue weighted by atomic mass is 32.2. The fraction of sp³-hybridized carbons (Fsp3) is 0.667. The lowest BCUT2D eigenvalue weighted by Gasteiger charge is -2.26. The number of allylic oxidation sites excluding steroid dienone is 2. The molecule has 1 aliphatic rings. The van der Waals surface area contributed by atoms with E-state index in [4.69, 9.17) is 0 Å². The molecule has 22 heavy (non-hydrogen) atoms. The number of aliphatic hydroxyl groups is 1. The highest BCUT2D eigenvalue weighted by molar-refractivity contribution is 7.99. The van der Waals surface area contributed by atoms with Crippen molar-refractivity contribution >= 4 is 23.3 Å². The standard InChI is InChI=1S/C18H29NO2S/c1-5-8-15(19-9-6-2)18-16(20)11-14(12-17(18)21)10-13(4)22-7-3/h6,13-14,20H,2,5,7-12H2,1,3-4H3/t13-,14?/m1/s1. The average Bonchev–Trinajstić information content (AvgIpc) is 2.44. The van der Waals surface area contributed by atoms with Gasteiger partial charge in [0.1, 0.15) is 5.76 Å². The number of hydrogen-bond acceptors (Lipinski definition) is 4. The molecule has 3 nitrogen and oxygen atoms in total. The SMILES string of the molecule is C=CCN=C(CCC)C1=C(O)CC(C[C@@H](C)SCC)CC1=O. The third kappa shape index (κ3) is 5.64. The Morgan fingerprint density at radius 2 is 2.23 bits per heavy atom. The van der Waals surface area contributed by atoms with Crippen LogP contribution in [0.15, 0.2) is 29.0 Å². The van der Waals surface area contributed by atoms with Crippen molar-refractivity contribution in [2.45, 2.75) is 58.1 Å². The first-order valence-corrected chi connectivity index (χ1v) is 9.29. The first kappa shape index (κ1) is 19.0. The molecule has 4 heteroatoms. The molecular formula is C18H29NO2S. The summed E-state index contributed by atoms with van der Waals surface area (Å²) in [4.78, 5) is 16.9. The lowest BCUT2D eigenvalue weighted by atomic mass is 9.82. The number of Topliss-reactive ketones (excluding diaryl/α,β-unsaturated/α-hetero) is 1. The summed E-state index contributed by atoms with van der Waals surface area (Å²) >= 11 is 1.91. The van der Waals surface area contributed by atoms with E-state index in [1.807, 2.05) is 11.8 Å². The third-order valence-corrected chi connectivity index (χ3v) is 4.92. The largest absolute Gasteiger partial charge is 0.511 e. The smallest absolute Gasteiger partial charge is 0.168 e. The Morgan fingerprint density at radius 1 is 1.50 bits per heavy atom. The zero-order chi connectivity index (χ0) is 16.5. The summed E-state index contributed by atoms with van der Waals surface area (Å²) in [5, 5.41) is 10.9. The highest BCUT2D eigenvalue weighted by Gasteiger charge is 2.30. The zero-order valence-corrected chi connectivity index (χ0v) is 14.9. The molecule has 1 unspecified atom stereocenters. The number of aliphatic imine (C=N–C) groups is 1. The van der Waals surface area contributed by atoms with Crippen molar-refractivity contribution in [1.82, 2.24) is 0 Å². The van der Waals surface area contributed by atoms with Gasteiger partial charge in [-0.15, -0.1) is 6.58 Å². The maximum atomic E-state index is 12.5. The van der Waals surface area contributed by atoms with E-state index < -0.39 is 0 Å². The molecule has 124 valence electrons. The molecule has 0 bridgehead atoms. The Labute approximate surface area is 139 Å². The number of nitrogens with zero attached hydrogens (tertiary/aromatic N) is 1. The van der Waals surface area contributed by atoms with Crippen LogP contribution in [0.25, 0.3) is 0 Å². The molecule has 0 saturated heterocycles. The van der Waals surface area contributed by atoms with E-state index in [1.54, 1.807) is 6.08 Å². The molecule has 0 aliphatic heterocycles. The van der Waals surface area contributed by atoms with Gasteiger partial charge in [-0.2, -0.15) is 11.8 Å². The van der Waals surface area contributed by atoms with Crippen molar-refractivity contribution in [3.8, 4) is 0 Å². The molecule has 0 aromatic heterocycles. The van der Waals surface area contributed by atoms with Gasteiger partial charge in [-0.3, -0.25) is 9.79 Å². The van der Waals surface area contributed by atoms with Crippen LogP contribution in [0.3, 0.4) is 0 Å². The van der Waals surface area contributed by atoms with Gasteiger partial charge in [0, 0.05) is 23.8 Å². The lowest BCUT2D eigenvalue weighted by molar-refractivity contribution is -0.116. The van der Waals surface area contributed by atoms with Crippen LogP contribution in [-0.2, 0) is 4.79 Å². The minimum atomic E-state index is 0.0544. The molecule has 1 N–H and O–H groups in total. The molecule has 0 radical (unpaired) electrons. The second-order valence-electron chi connectivity index (χ2n) is 5.85. The van der Waals surface area contributed by atoms with Crippen LogP contribution in [0.4, 0.5) is 0 Å². The molecule has 0 fully saturated rings. The van der Waals surface area contributed by atoms with Gasteiger partial charge < -0.3 is 5.11 Å². The summed E-state index contributed by atoms with van der Waals surface area (Å²) < 4.78 is 0. The highest BCUT2D eigenvalue weighted by Crippen LogP contribution is 2.32. The Kier molecular flexibility index (Phi) is 8.54. The maximum absolute atomic E-state index is 12.5. The minimum Gasteiger partial charge on any atom is -0.511 e. The first-order chi connectivity index (χ1) is 10.5. The zero-order valence-electron chi connectivity index (χ0n) is 14.1. The monoisotopic (exact) mass is 323 g/mol. The predicted molar refractivity (Wildman–Crippen MR) is 97.0 cm³/mol. The molecule has 0 saturated carbocycles. The Bertz CT molecular complexity index is 454. The molecule has 0 heterocycles. The van der Waals surface area contributed by atoms with E-state index in [0.717, 1.165) is 30.7 Å². The normalized spacial score (nSPS) is 21.1. The molecule has 0 aromatic rings. The summed E-state index contributed by atoms with van der Waals surface area (Å²) in [7, 11) is 0. The van der Waals surface area contributed by atoms with Gasteiger partial charge in [0.05, 0.1) is 12.1 Å². The molecular weight excluding hydrogens is 294 g/mol. The number of ketones is 1. The molecule has 2 atom stereocenters. The number of thioether (sulfide) groups is 1. The summed E-state index contributed by atoms with van der Waals surface area (Å²) in [6.07, 6.45) is 5.47. The summed E-state index contributed by atoms with van der Waals surface area (Å²) in [6, 6.07) is 0. The maximum Gasteiger partial charge on any atom is 0.168 e. The fourth-order valence-electron chi connectivity index (χ4n) is 2.98. The van der Waals surface area contributed by atoms with Crippen molar-refractivity contribution < 1.29 is 9.90 Å². The number of hydrogen-bond donors (Lipinski definition) is 1. The summed E-state index contributed by atoms with van der Waals surface area (Å²) in [5.74, 6) is 1.64. The van der Waals surface area contributed by atoms with Crippen molar-refractivity contribution in [3.63, 3.8) is 0 Å². The van der Waals surface area contributed by atoms with Crippen LogP contribution in [0.5, 0.6) is 0 Å². The molecule has 1 rings (SSSR count). The lowest BCUT2D eigenvalue weighted by Crippen LogP contribution is -2.26. The average molecular weight is 324 g/mol. The second kappa shape index (κ2) is 9.88. The molecule has 1 aliphatic carbocycles. The van der Waals surface area contributed by atoms with Crippen LogP contribution < -0.4 is 0 Å². The third-order valence-electron chi connectivity index (χ3n) is 3.83. The Morgan fingerprint density at radius 3 is 2.77 bits per heavy atom. The van der Waals surface area contributed by atoms with Crippen LogP contribution in [0.2, 0.25) is 0 Å². The number of rotatable bonds is 9. The van der Waals surface area contributed by atoms with E-state index in [2.05, 4.69) is 32.3 Å². The van der Waals surface area contributed by atoms with Gasteiger partial charge in [-0.05, 0) is 24.5 Å². The van der Waals surface area contributed by atoms with Crippen LogP contribution in [-0.4, -0.2) is 34.1 Å². The van der Waals surface area contributed by atoms with Crippen molar-refractivity contribution in [2.75, 3.05) is 12.3 Å². The van der Waals surface area contributed by atoms with Gasteiger partial charge in [-0.25, -0.2) is 0 Å². The van der Waals surface area contributed by atoms with E-state index in [0.29, 0.717) is 30.2 Å². The van der Waals surface area contributed by atoms with Crippen LogP contribution in [0, 0.1) is 5.92 Å². The second-order valence-corrected chi connectivity index (χ2v) is 7.56. The molecule has 0 amide bonds. The van der Waals surface area contributed by atoms with Gasteiger partial charge in [0.25, 0.3) is 0 Å². The van der Waals surface area contributed by atoms with E-state index in [-0.39, 0.29) is 17.5 Å². The summed E-state index contributed by atoms with van der Waals surface area (Å²) in [6.45, 7) is 10.6. The van der Waals surface area contributed by atoms with E-state index in [1.165, 1.54) is 0 Å². The number of aliphatic hydroxyl groups excluding tert-OH is 1. The first-order valence-electron chi connectivity index (χ1n) is 8.24. The Hall–Kier alpha value is -1.03. The molecule has 0 aromatic carbocycles. The minimum absolute atomic E-state index is 0.0544. The van der Waals surface area contributed by atoms with Crippen molar-refractivity contribution in [1.29, 1.82) is 0 Å². The van der Waals surface area contributed by atoms with E-state index >= 15 is 0 Å². The van der Waals surface area contributed by atoms with Gasteiger partial charge >= 0.3 is 0 Å². The fourth-order valence-corrected chi connectivity index (χ4v) is 3.96. The molecule has 0 spiro atoms. The van der Waals surface area contributed by atoms with Gasteiger partial charge in [0.2, 0.25) is 0 Å².